The Kier molecular flexibility index (Phi) is 5.07. The summed E-state index contributed by atoms with van der Waals surface area (Å²) in [6, 6.07) is 4.96. The zero-order valence-corrected chi connectivity index (χ0v) is 12.8. The van der Waals surface area contributed by atoms with E-state index in [-0.39, 0.29) is 17.3 Å². The third-order valence-corrected chi connectivity index (χ3v) is 4.02. The van der Waals surface area contributed by atoms with Crippen LogP contribution in [0.3, 0.4) is 0 Å². The van der Waals surface area contributed by atoms with Gasteiger partial charge in [0.2, 0.25) is 0 Å². The van der Waals surface area contributed by atoms with Gasteiger partial charge < -0.3 is 15.7 Å². The molecule has 1 aromatic carbocycles. The molecule has 5 nitrogen and oxygen atoms in total. The van der Waals surface area contributed by atoms with Gasteiger partial charge in [-0.3, -0.25) is 0 Å². The largest absolute Gasteiger partial charge is 0.478 e. The minimum atomic E-state index is -0.977. The van der Waals surface area contributed by atoms with Crippen LogP contribution in [0.4, 0.5) is 11.4 Å². The third kappa shape index (κ3) is 3.88. The Morgan fingerprint density at radius 1 is 1.48 bits per heavy atom. The van der Waals surface area contributed by atoms with Crippen molar-refractivity contribution in [3.05, 3.63) is 23.8 Å². The number of anilines is 1. The van der Waals surface area contributed by atoms with E-state index in [1.165, 1.54) is 0 Å². The van der Waals surface area contributed by atoms with E-state index in [0.717, 1.165) is 37.5 Å². The van der Waals surface area contributed by atoms with Gasteiger partial charge >= 0.3 is 5.97 Å². The number of aromatic carboxylic acids is 1. The maximum atomic E-state index is 11.1. The number of hydrogen-bond donors (Lipinski definition) is 2. The Labute approximate surface area is 129 Å². The first-order valence-corrected chi connectivity index (χ1v) is 7.56. The molecule has 0 aromatic heterocycles. The summed E-state index contributed by atoms with van der Waals surface area (Å²) in [5, 5.41) is 9.12. The van der Waals surface area contributed by atoms with Crippen molar-refractivity contribution in [3.63, 3.8) is 0 Å². The fraction of sp³-hybridized carbons (Fsp3) is 0.467. The van der Waals surface area contributed by atoms with Crippen LogP contribution in [0.15, 0.2) is 23.2 Å². The van der Waals surface area contributed by atoms with Gasteiger partial charge in [-0.15, -0.1) is 11.6 Å². The first-order valence-electron chi connectivity index (χ1n) is 7.02. The highest BCUT2D eigenvalue weighted by molar-refractivity contribution is 6.28. The topological polar surface area (TPSA) is 78.9 Å². The molecule has 3 N–H and O–H groups in total. The molecule has 1 heterocycles. The van der Waals surface area contributed by atoms with E-state index in [2.05, 4.69) is 16.8 Å². The number of nitrogens with two attached hydrogens (primary N) is 1. The van der Waals surface area contributed by atoms with E-state index in [1.807, 2.05) is 0 Å². The smallest absolute Gasteiger partial charge is 0.335 e. The second kappa shape index (κ2) is 6.80. The molecule has 1 fully saturated rings. The molecule has 0 bridgehead atoms. The van der Waals surface area contributed by atoms with Crippen molar-refractivity contribution < 1.29 is 9.90 Å². The van der Waals surface area contributed by atoms with Crippen LogP contribution in [0.2, 0.25) is 0 Å². The van der Waals surface area contributed by atoms with E-state index in [1.54, 1.807) is 18.2 Å². The number of halogens is 1. The Hall–Kier alpha value is -1.75. The van der Waals surface area contributed by atoms with Crippen molar-refractivity contribution in [2.45, 2.75) is 19.8 Å². The molecule has 1 aliphatic rings. The maximum Gasteiger partial charge on any atom is 0.335 e. The molecule has 0 atom stereocenters. The number of carboxylic acids is 1. The lowest BCUT2D eigenvalue weighted by molar-refractivity contribution is 0.0697. The summed E-state index contributed by atoms with van der Waals surface area (Å²) in [5.41, 5.74) is 7.39. The molecule has 0 spiro atoms. The molecule has 1 saturated heterocycles. The van der Waals surface area contributed by atoms with Gasteiger partial charge in [-0.1, -0.05) is 6.92 Å². The number of aliphatic imine (C=N–C) groups is 1. The van der Waals surface area contributed by atoms with Gasteiger partial charge in [0.05, 0.1) is 22.8 Å². The van der Waals surface area contributed by atoms with Crippen LogP contribution >= 0.6 is 11.6 Å². The van der Waals surface area contributed by atoms with Gasteiger partial charge in [-0.2, -0.15) is 0 Å². The summed E-state index contributed by atoms with van der Waals surface area (Å²) in [7, 11) is 0. The summed E-state index contributed by atoms with van der Waals surface area (Å²) in [6.07, 6.45) is 2.24. The molecule has 0 saturated carbocycles. The second-order valence-corrected chi connectivity index (χ2v) is 5.68. The molecule has 0 amide bonds. The maximum absolute atomic E-state index is 11.1. The van der Waals surface area contributed by atoms with Gasteiger partial charge in [0, 0.05) is 13.1 Å². The Morgan fingerprint density at radius 2 is 2.14 bits per heavy atom. The van der Waals surface area contributed by atoms with Crippen LogP contribution < -0.4 is 10.6 Å². The monoisotopic (exact) mass is 309 g/mol. The van der Waals surface area contributed by atoms with Crippen LogP contribution in [0.25, 0.3) is 0 Å². The van der Waals surface area contributed by atoms with E-state index < -0.39 is 5.97 Å². The lowest BCUT2D eigenvalue weighted by Crippen LogP contribution is -2.32. The number of rotatable bonds is 4. The van der Waals surface area contributed by atoms with Gasteiger partial charge in [0.25, 0.3) is 0 Å². The number of carbonyl (C=O) groups is 1. The molecule has 0 aliphatic carbocycles. The number of piperidine rings is 1. The van der Waals surface area contributed by atoms with E-state index in [4.69, 9.17) is 22.4 Å². The summed E-state index contributed by atoms with van der Waals surface area (Å²) in [4.78, 5) is 17.6. The fourth-order valence-electron chi connectivity index (χ4n) is 2.45. The molecule has 0 radical (unpaired) electrons. The highest BCUT2D eigenvalue weighted by Crippen LogP contribution is 2.33. The summed E-state index contributed by atoms with van der Waals surface area (Å²) < 4.78 is 0. The average Bonchev–Trinajstić information content (AvgIpc) is 2.48. The molecular weight excluding hydrogens is 290 g/mol. The van der Waals surface area contributed by atoms with Crippen molar-refractivity contribution in [2.75, 3.05) is 23.9 Å². The standard InChI is InChI=1S/C15H20ClN3O2/c1-10-4-6-19(7-5-10)13-3-2-11(15(20)21)8-12(13)18-14(17)9-16/h2-3,8,10H,4-7,9H2,1H3,(H2,17,18)(H,20,21). The molecule has 2 rings (SSSR count). The zero-order chi connectivity index (χ0) is 15.4. The lowest BCUT2D eigenvalue weighted by Gasteiger charge is -2.33. The van der Waals surface area contributed by atoms with Crippen LogP contribution in [-0.2, 0) is 0 Å². The van der Waals surface area contributed by atoms with E-state index >= 15 is 0 Å². The van der Waals surface area contributed by atoms with Crippen LogP contribution in [-0.4, -0.2) is 35.9 Å². The van der Waals surface area contributed by atoms with Crippen molar-refractivity contribution in [1.82, 2.24) is 0 Å². The minimum absolute atomic E-state index is 0.119. The van der Waals surface area contributed by atoms with Crippen LogP contribution in [0.5, 0.6) is 0 Å². The zero-order valence-electron chi connectivity index (χ0n) is 12.1. The predicted molar refractivity (Wildman–Crippen MR) is 86.0 cm³/mol. The molecule has 1 aliphatic heterocycles. The van der Waals surface area contributed by atoms with E-state index in [9.17, 15) is 4.79 Å². The van der Waals surface area contributed by atoms with Gasteiger partial charge in [-0.25, -0.2) is 9.79 Å². The number of benzene rings is 1. The minimum Gasteiger partial charge on any atom is -0.478 e. The second-order valence-electron chi connectivity index (χ2n) is 5.41. The van der Waals surface area contributed by atoms with Gasteiger partial charge in [-0.05, 0) is 37.0 Å². The number of nitrogens with zero attached hydrogens (tertiary/aromatic N) is 2. The molecule has 21 heavy (non-hydrogen) atoms. The molecular formula is C15H20ClN3O2. The summed E-state index contributed by atoms with van der Waals surface area (Å²) >= 11 is 5.68. The number of alkyl halides is 1. The Balaban J connectivity index is 2.37. The number of amidine groups is 1. The van der Waals surface area contributed by atoms with Gasteiger partial charge in [0.1, 0.15) is 5.84 Å². The average molecular weight is 310 g/mol. The van der Waals surface area contributed by atoms with Crippen LogP contribution in [0, 0.1) is 5.92 Å². The third-order valence-electron chi connectivity index (χ3n) is 3.75. The predicted octanol–water partition coefficient (Wildman–Crippen LogP) is 2.85. The van der Waals surface area contributed by atoms with Crippen molar-refractivity contribution in [2.24, 2.45) is 16.6 Å². The first kappa shape index (κ1) is 15.6. The number of hydrogen-bond acceptors (Lipinski definition) is 3. The Morgan fingerprint density at radius 3 is 2.71 bits per heavy atom. The Bertz CT molecular complexity index is 552. The normalized spacial score (nSPS) is 17.0. The van der Waals surface area contributed by atoms with Crippen molar-refractivity contribution >= 4 is 34.8 Å². The molecule has 0 unspecified atom stereocenters. The summed E-state index contributed by atoms with van der Waals surface area (Å²) in [5.74, 6) is 0.147. The molecule has 6 heteroatoms. The molecule has 114 valence electrons. The van der Waals surface area contributed by atoms with Crippen LogP contribution in [0.1, 0.15) is 30.1 Å². The fourth-order valence-corrected chi connectivity index (χ4v) is 2.51. The number of carboxylic acid groups (broad SMARTS) is 1. The highest BCUT2D eigenvalue weighted by atomic mass is 35.5. The van der Waals surface area contributed by atoms with Crippen molar-refractivity contribution in [3.8, 4) is 0 Å². The SMILES string of the molecule is CC1CCN(c2ccc(C(=O)O)cc2N=C(N)CCl)CC1. The quantitative estimate of drug-likeness (QED) is 0.509. The summed E-state index contributed by atoms with van der Waals surface area (Å²) in [6.45, 7) is 4.13. The van der Waals surface area contributed by atoms with Crippen molar-refractivity contribution in [1.29, 1.82) is 0 Å². The molecule has 1 aromatic rings. The van der Waals surface area contributed by atoms with Gasteiger partial charge in [0.15, 0.2) is 0 Å². The van der Waals surface area contributed by atoms with E-state index in [0.29, 0.717) is 5.69 Å². The lowest BCUT2D eigenvalue weighted by atomic mass is 9.98. The highest BCUT2D eigenvalue weighted by Gasteiger charge is 2.19. The first-order chi connectivity index (χ1) is 10.0.